The summed E-state index contributed by atoms with van der Waals surface area (Å²) in [7, 11) is 0. The molecular weight excluding hydrogens is 581 g/mol. The molecule has 0 spiro atoms. The normalized spacial score (nSPS) is 14.3. The van der Waals surface area contributed by atoms with Crippen LogP contribution in [0.25, 0.3) is 10.9 Å². The molecule has 218 valence electrons. The van der Waals surface area contributed by atoms with E-state index in [1.54, 1.807) is 24.3 Å². The Bertz CT molecular complexity index is 1710. The molecule has 1 aliphatic heterocycles. The second kappa shape index (κ2) is 12.6. The van der Waals surface area contributed by atoms with E-state index in [9.17, 15) is 15.0 Å². The standard InChI is InChI=1S/C35H31Cl2N3O3/c36-27-9-4-23(5-10-27)34(24-6-11-28(37)12-7-24)25-8-13-31-30(19-25)32(20-33(41)39-31)38-29-14-16-40(17-15-29)21-22-2-1-3-26(18-22)35(42)43/h1-13,18-20,29,34H,14-17,21H2,(H,42,43)(H2,38,39,41). The van der Waals surface area contributed by atoms with Crippen LogP contribution in [0.2, 0.25) is 10.0 Å². The van der Waals surface area contributed by atoms with Crippen LogP contribution in [0.3, 0.4) is 0 Å². The molecule has 6 nitrogen and oxygen atoms in total. The number of carboxylic acids is 1. The number of nitrogens with zero attached hydrogens (tertiary/aromatic N) is 2. The summed E-state index contributed by atoms with van der Waals surface area (Å²) < 4.78 is 0. The molecule has 5 aromatic rings. The van der Waals surface area contributed by atoms with Crippen molar-refractivity contribution in [3.05, 3.63) is 135 Å². The Balaban J connectivity index is 1.25. The number of halogens is 2. The van der Waals surface area contributed by atoms with Gasteiger partial charge in [0.1, 0.15) is 0 Å². The van der Waals surface area contributed by atoms with Gasteiger partial charge in [-0.2, -0.15) is 0 Å². The zero-order valence-electron chi connectivity index (χ0n) is 23.4. The number of carbonyl (C=O) groups is 1. The number of likely N-dealkylation sites (tertiary alicyclic amines) is 1. The Morgan fingerprint density at radius 3 is 2.12 bits per heavy atom. The van der Waals surface area contributed by atoms with Crippen molar-refractivity contribution in [3.63, 3.8) is 0 Å². The lowest BCUT2D eigenvalue weighted by molar-refractivity contribution is 0.0696. The predicted octanol–water partition coefficient (Wildman–Crippen LogP) is 8.20. The molecule has 0 saturated carbocycles. The molecular formula is C35H31Cl2N3O3. The summed E-state index contributed by atoms with van der Waals surface area (Å²) >= 11 is 12.4. The molecule has 1 fully saturated rings. The van der Waals surface area contributed by atoms with Gasteiger partial charge in [0.25, 0.3) is 0 Å². The van der Waals surface area contributed by atoms with Gasteiger partial charge >= 0.3 is 5.97 Å². The van der Waals surface area contributed by atoms with Crippen molar-refractivity contribution < 1.29 is 15.0 Å². The number of aromatic hydroxyl groups is 1. The van der Waals surface area contributed by atoms with Gasteiger partial charge < -0.3 is 15.5 Å². The topological polar surface area (TPSA) is 85.7 Å². The Morgan fingerprint density at radius 1 is 0.860 bits per heavy atom. The van der Waals surface area contributed by atoms with Crippen molar-refractivity contribution in [1.29, 1.82) is 0 Å². The number of carboxylic acid groups (broad SMARTS) is 1. The average molecular weight is 613 g/mol. The Morgan fingerprint density at radius 2 is 1.49 bits per heavy atom. The highest BCUT2D eigenvalue weighted by molar-refractivity contribution is 6.30. The number of aromatic carboxylic acids is 1. The number of aromatic nitrogens is 1. The minimum absolute atomic E-state index is 0.0227. The highest BCUT2D eigenvalue weighted by atomic mass is 35.5. The molecule has 0 atom stereocenters. The summed E-state index contributed by atoms with van der Waals surface area (Å²) in [6, 6.07) is 31.1. The molecule has 0 unspecified atom stereocenters. The third kappa shape index (κ3) is 6.78. The number of hydrogen-bond donors (Lipinski definition) is 3. The number of benzene rings is 4. The minimum atomic E-state index is -0.909. The molecule has 6 rings (SSSR count). The van der Waals surface area contributed by atoms with Crippen molar-refractivity contribution >= 4 is 45.8 Å². The summed E-state index contributed by atoms with van der Waals surface area (Å²) in [6.07, 6.45) is 1.84. The molecule has 4 aromatic carbocycles. The number of anilines is 1. The molecule has 0 aliphatic carbocycles. The summed E-state index contributed by atoms with van der Waals surface area (Å²) in [6.45, 7) is 2.47. The molecule has 0 amide bonds. The number of piperidine rings is 1. The van der Waals surface area contributed by atoms with Crippen LogP contribution < -0.4 is 5.32 Å². The van der Waals surface area contributed by atoms with Crippen LogP contribution in [0.15, 0.2) is 97.1 Å². The van der Waals surface area contributed by atoms with Gasteiger partial charge in [0.2, 0.25) is 5.88 Å². The maximum absolute atomic E-state index is 11.4. The summed E-state index contributed by atoms with van der Waals surface area (Å²) in [5.74, 6) is -0.984. The van der Waals surface area contributed by atoms with Gasteiger partial charge in [0, 0.05) is 58.8 Å². The quantitative estimate of drug-likeness (QED) is 0.153. The number of pyridine rings is 1. The van der Waals surface area contributed by atoms with E-state index in [0.29, 0.717) is 27.7 Å². The predicted molar refractivity (Wildman–Crippen MR) is 173 cm³/mol. The van der Waals surface area contributed by atoms with Crippen molar-refractivity contribution in [3.8, 4) is 5.88 Å². The smallest absolute Gasteiger partial charge is 0.335 e. The monoisotopic (exact) mass is 611 g/mol. The maximum atomic E-state index is 11.4. The zero-order chi connectivity index (χ0) is 29.9. The number of rotatable bonds is 8. The number of hydrogen-bond acceptors (Lipinski definition) is 5. The van der Waals surface area contributed by atoms with E-state index < -0.39 is 5.97 Å². The molecule has 1 saturated heterocycles. The van der Waals surface area contributed by atoms with Crippen LogP contribution in [0, 0.1) is 0 Å². The van der Waals surface area contributed by atoms with E-state index in [-0.39, 0.29) is 17.8 Å². The van der Waals surface area contributed by atoms with Gasteiger partial charge in [-0.3, -0.25) is 4.90 Å². The summed E-state index contributed by atoms with van der Waals surface area (Å²) in [5, 5.41) is 25.8. The van der Waals surface area contributed by atoms with Crippen LogP contribution in [-0.2, 0) is 6.54 Å². The molecule has 2 heterocycles. The van der Waals surface area contributed by atoms with Gasteiger partial charge in [-0.25, -0.2) is 9.78 Å². The van der Waals surface area contributed by atoms with E-state index in [0.717, 1.165) is 59.3 Å². The van der Waals surface area contributed by atoms with Gasteiger partial charge in [-0.1, -0.05) is 65.7 Å². The van der Waals surface area contributed by atoms with E-state index in [1.165, 1.54) is 0 Å². The molecule has 8 heteroatoms. The first kappa shape index (κ1) is 29.0. The second-order valence-electron chi connectivity index (χ2n) is 11.0. The molecule has 0 bridgehead atoms. The first-order valence-electron chi connectivity index (χ1n) is 14.3. The number of nitrogens with one attached hydrogen (secondary N) is 1. The molecule has 1 aromatic heterocycles. The minimum Gasteiger partial charge on any atom is -0.493 e. The lowest BCUT2D eigenvalue weighted by Gasteiger charge is -2.33. The van der Waals surface area contributed by atoms with Crippen LogP contribution in [0.1, 0.15) is 51.4 Å². The highest BCUT2D eigenvalue weighted by Gasteiger charge is 2.22. The molecule has 3 N–H and O–H groups in total. The van der Waals surface area contributed by atoms with E-state index in [1.807, 2.05) is 60.7 Å². The van der Waals surface area contributed by atoms with Crippen molar-refractivity contribution in [2.75, 3.05) is 18.4 Å². The zero-order valence-corrected chi connectivity index (χ0v) is 24.9. The van der Waals surface area contributed by atoms with E-state index in [2.05, 4.69) is 27.3 Å². The molecule has 0 radical (unpaired) electrons. The van der Waals surface area contributed by atoms with Gasteiger partial charge in [0.05, 0.1) is 11.1 Å². The third-order valence-electron chi connectivity index (χ3n) is 8.09. The average Bonchev–Trinajstić information content (AvgIpc) is 3.00. The second-order valence-corrected chi connectivity index (χ2v) is 11.9. The van der Waals surface area contributed by atoms with Gasteiger partial charge in [-0.05, 0) is 83.6 Å². The lowest BCUT2D eigenvalue weighted by Crippen LogP contribution is -2.38. The van der Waals surface area contributed by atoms with Crippen molar-refractivity contribution in [2.45, 2.75) is 31.3 Å². The summed E-state index contributed by atoms with van der Waals surface area (Å²) in [4.78, 5) is 18.1. The summed E-state index contributed by atoms with van der Waals surface area (Å²) in [5.41, 5.74) is 6.18. The SMILES string of the molecule is O=C(O)c1cccc(CN2CCC(Nc3cc(O)nc4ccc(C(c5ccc(Cl)cc5)c5ccc(Cl)cc5)cc34)CC2)c1. The van der Waals surface area contributed by atoms with E-state index >= 15 is 0 Å². The van der Waals surface area contributed by atoms with Crippen LogP contribution in [0.4, 0.5) is 5.69 Å². The van der Waals surface area contributed by atoms with Crippen molar-refractivity contribution in [1.82, 2.24) is 9.88 Å². The van der Waals surface area contributed by atoms with E-state index in [4.69, 9.17) is 23.2 Å². The van der Waals surface area contributed by atoms with Crippen LogP contribution >= 0.6 is 23.2 Å². The van der Waals surface area contributed by atoms with Crippen LogP contribution in [0.5, 0.6) is 5.88 Å². The third-order valence-corrected chi connectivity index (χ3v) is 8.59. The molecule has 1 aliphatic rings. The first-order valence-corrected chi connectivity index (χ1v) is 15.0. The Kier molecular flexibility index (Phi) is 8.52. The fraction of sp³-hybridized carbons (Fsp3) is 0.200. The maximum Gasteiger partial charge on any atom is 0.335 e. The largest absolute Gasteiger partial charge is 0.493 e. The first-order chi connectivity index (χ1) is 20.8. The highest BCUT2D eigenvalue weighted by Crippen LogP contribution is 2.37. The van der Waals surface area contributed by atoms with Gasteiger partial charge in [-0.15, -0.1) is 0 Å². The van der Waals surface area contributed by atoms with Crippen molar-refractivity contribution in [2.24, 2.45) is 0 Å². The Hall–Kier alpha value is -4.10. The lowest BCUT2D eigenvalue weighted by atomic mass is 9.84. The Labute approximate surface area is 260 Å². The number of fused-ring (bicyclic) bond motifs is 1. The molecule has 43 heavy (non-hydrogen) atoms. The fourth-order valence-electron chi connectivity index (χ4n) is 5.93. The fourth-order valence-corrected chi connectivity index (χ4v) is 6.18. The van der Waals surface area contributed by atoms with Crippen LogP contribution in [-0.4, -0.2) is 45.2 Å². The van der Waals surface area contributed by atoms with Gasteiger partial charge in [0.15, 0.2) is 0 Å².